The van der Waals surface area contributed by atoms with Gasteiger partial charge in [0.25, 0.3) is 0 Å². The topological polar surface area (TPSA) is 21.3 Å². The van der Waals surface area contributed by atoms with Gasteiger partial charge in [-0.25, -0.2) is 0 Å². The van der Waals surface area contributed by atoms with Crippen molar-refractivity contribution in [2.75, 3.05) is 13.2 Å². The van der Waals surface area contributed by atoms with Crippen LogP contribution in [0.3, 0.4) is 0 Å². The molecule has 1 aliphatic heterocycles. The minimum absolute atomic E-state index is 0.215. The molecule has 0 bridgehead atoms. The fourth-order valence-corrected chi connectivity index (χ4v) is 3.79. The average Bonchev–Trinajstić information content (AvgIpc) is 2.42. The third kappa shape index (κ3) is 4.26. The summed E-state index contributed by atoms with van der Waals surface area (Å²) in [5.74, 6) is 0. The number of hydrogen-bond donors (Lipinski definition) is 1. The van der Waals surface area contributed by atoms with Gasteiger partial charge in [0, 0.05) is 0 Å². The van der Waals surface area contributed by atoms with Gasteiger partial charge in [-0.05, 0) is 53.2 Å². The molecule has 0 radical (unpaired) electrons. The van der Waals surface area contributed by atoms with Crippen LogP contribution >= 0.6 is 0 Å². The molecule has 1 aliphatic rings. The molecule has 0 saturated heterocycles. The Morgan fingerprint density at radius 2 is 1.78 bits per heavy atom. The van der Waals surface area contributed by atoms with Gasteiger partial charge in [0.15, 0.2) is 8.32 Å². The highest BCUT2D eigenvalue weighted by Crippen LogP contribution is 2.37. The van der Waals surface area contributed by atoms with Crippen LogP contribution in [0.4, 0.5) is 0 Å². The van der Waals surface area contributed by atoms with E-state index in [2.05, 4.69) is 78.2 Å². The summed E-state index contributed by atoms with van der Waals surface area (Å²) in [6, 6.07) is 7.37. The molecule has 0 fully saturated rings. The maximum atomic E-state index is 6.46. The maximum Gasteiger partial charge on any atom is 0.192 e. The van der Waals surface area contributed by atoms with Gasteiger partial charge in [-0.3, -0.25) is 0 Å². The van der Waals surface area contributed by atoms with E-state index in [-0.39, 0.29) is 10.5 Å². The molecule has 0 amide bonds. The summed E-state index contributed by atoms with van der Waals surface area (Å²) >= 11 is 0. The second kappa shape index (κ2) is 6.34. The lowest BCUT2D eigenvalue weighted by Crippen LogP contribution is -2.44. The average molecular weight is 334 g/mol. The zero-order valence-corrected chi connectivity index (χ0v) is 17.3. The van der Waals surface area contributed by atoms with Crippen LogP contribution in [-0.2, 0) is 16.3 Å². The van der Waals surface area contributed by atoms with Crippen molar-refractivity contribution in [1.82, 2.24) is 5.32 Å². The largest absolute Gasteiger partial charge is 0.415 e. The lowest BCUT2D eigenvalue weighted by Gasteiger charge is -2.38. The minimum Gasteiger partial charge on any atom is -0.415 e. The Labute approximate surface area is 144 Å². The van der Waals surface area contributed by atoms with E-state index < -0.39 is 8.32 Å². The van der Waals surface area contributed by atoms with Gasteiger partial charge in [-0.2, -0.15) is 0 Å². The molecule has 0 aromatic heterocycles. The fourth-order valence-electron chi connectivity index (χ4n) is 2.78. The first-order chi connectivity index (χ1) is 10.4. The van der Waals surface area contributed by atoms with Crippen molar-refractivity contribution >= 4 is 8.32 Å². The zero-order chi connectivity index (χ0) is 17.5. The molecule has 2 rings (SSSR count). The lowest BCUT2D eigenvalue weighted by molar-refractivity contribution is 0.240. The zero-order valence-electron chi connectivity index (χ0n) is 16.3. The molecule has 0 spiro atoms. The van der Waals surface area contributed by atoms with Gasteiger partial charge >= 0.3 is 0 Å². The smallest absolute Gasteiger partial charge is 0.192 e. The molecule has 1 aromatic carbocycles. The number of benzene rings is 1. The number of nitrogens with one attached hydrogen (secondary N) is 1. The highest BCUT2D eigenvalue weighted by molar-refractivity contribution is 6.74. The van der Waals surface area contributed by atoms with Gasteiger partial charge in [-0.15, -0.1) is 0 Å². The molecule has 1 unspecified atom stereocenters. The second-order valence-corrected chi connectivity index (χ2v) is 14.3. The summed E-state index contributed by atoms with van der Waals surface area (Å²) in [5.41, 5.74) is 4.58. The molecule has 0 saturated carbocycles. The van der Waals surface area contributed by atoms with Crippen LogP contribution < -0.4 is 5.32 Å². The van der Waals surface area contributed by atoms with Gasteiger partial charge in [0.2, 0.25) is 0 Å². The van der Waals surface area contributed by atoms with Gasteiger partial charge in [-0.1, -0.05) is 59.7 Å². The molecule has 23 heavy (non-hydrogen) atoms. The molecular weight excluding hydrogens is 298 g/mol. The van der Waals surface area contributed by atoms with E-state index in [0.29, 0.717) is 6.04 Å². The highest BCUT2D eigenvalue weighted by Gasteiger charge is 2.38. The molecule has 1 aromatic rings. The summed E-state index contributed by atoms with van der Waals surface area (Å²) < 4.78 is 6.46. The number of hydrogen-bond acceptors (Lipinski definition) is 2. The van der Waals surface area contributed by atoms with Crippen LogP contribution in [0.2, 0.25) is 18.1 Å². The molecular formula is C20H35NOSi. The molecule has 1 heterocycles. The first-order valence-corrected chi connectivity index (χ1v) is 11.8. The SMILES string of the molecule is CC(C)(C)c1ccc2c(c1)CCNC2CO[Si](C)(C)C(C)(C)C. The highest BCUT2D eigenvalue weighted by atomic mass is 28.4. The van der Waals surface area contributed by atoms with Gasteiger partial charge in [0.1, 0.15) is 0 Å². The van der Waals surface area contributed by atoms with Crippen molar-refractivity contribution in [1.29, 1.82) is 0 Å². The van der Waals surface area contributed by atoms with E-state index in [1.54, 1.807) is 0 Å². The van der Waals surface area contributed by atoms with E-state index in [4.69, 9.17) is 4.43 Å². The van der Waals surface area contributed by atoms with Crippen LogP contribution in [0.5, 0.6) is 0 Å². The van der Waals surface area contributed by atoms with E-state index in [1.165, 1.54) is 16.7 Å². The van der Waals surface area contributed by atoms with E-state index in [0.717, 1.165) is 19.6 Å². The summed E-state index contributed by atoms with van der Waals surface area (Å²) in [6.07, 6.45) is 1.12. The maximum absolute atomic E-state index is 6.46. The first-order valence-electron chi connectivity index (χ1n) is 8.92. The van der Waals surface area contributed by atoms with Crippen molar-refractivity contribution in [3.8, 4) is 0 Å². The third-order valence-electron chi connectivity index (χ3n) is 5.59. The second-order valence-electron chi connectivity index (χ2n) is 9.49. The Bertz CT molecular complexity index is 552. The van der Waals surface area contributed by atoms with Crippen molar-refractivity contribution in [2.45, 2.75) is 77.6 Å². The molecule has 1 N–H and O–H groups in total. The molecule has 0 aliphatic carbocycles. The van der Waals surface area contributed by atoms with Gasteiger partial charge in [0.05, 0.1) is 12.6 Å². The predicted molar refractivity (Wildman–Crippen MR) is 103 cm³/mol. The quantitative estimate of drug-likeness (QED) is 0.768. The predicted octanol–water partition coefficient (Wildman–Crippen LogP) is 5.19. The summed E-state index contributed by atoms with van der Waals surface area (Å²) in [6.45, 7) is 20.3. The Morgan fingerprint density at radius 3 is 2.35 bits per heavy atom. The lowest BCUT2D eigenvalue weighted by atomic mass is 9.83. The Balaban J connectivity index is 2.17. The van der Waals surface area contributed by atoms with Crippen molar-refractivity contribution in [3.63, 3.8) is 0 Å². The van der Waals surface area contributed by atoms with Crippen LogP contribution in [0.15, 0.2) is 18.2 Å². The Morgan fingerprint density at radius 1 is 1.13 bits per heavy atom. The van der Waals surface area contributed by atoms with Crippen LogP contribution in [0.25, 0.3) is 0 Å². The Kier molecular flexibility index (Phi) is 5.15. The Hall–Kier alpha value is -0.643. The summed E-state index contributed by atoms with van der Waals surface area (Å²) in [5, 5.41) is 3.92. The summed E-state index contributed by atoms with van der Waals surface area (Å²) in [7, 11) is -1.69. The minimum atomic E-state index is -1.69. The van der Waals surface area contributed by atoms with E-state index >= 15 is 0 Å². The van der Waals surface area contributed by atoms with Crippen molar-refractivity contribution < 1.29 is 4.43 Å². The van der Waals surface area contributed by atoms with Crippen molar-refractivity contribution in [3.05, 3.63) is 34.9 Å². The fraction of sp³-hybridized carbons (Fsp3) is 0.700. The number of rotatable bonds is 3. The van der Waals surface area contributed by atoms with Gasteiger partial charge < -0.3 is 9.74 Å². The monoisotopic (exact) mass is 333 g/mol. The van der Waals surface area contributed by atoms with Crippen LogP contribution in [0.1, 0.15) is 64.3 Å². The summed E-state index contributed by atoms with van der Waals surface area (Å²) in [4.78, 5) is 0. The first kappa shape index (κ1) is 18.7. The molecule has 3 heteroatoms. The van der Waals surface area contributed by atoms with Crippen LogP contribution in [0, 0.1) is 0 Å². The third-order valence-corrected chi connectivity index (χ3v) is 10.1. The van der Waals surface area contributed by atoms with E-state index in [9.17, 15) is 0 Å². The van der Waals surface area contributed by atoms with Crippen LogP contribution in [-0.4, -0.2) is 21.5 Å². The normalized spacial score (nSPS) is 19.6. The van der Waals surface area contributed by atoms with E-state index in [1.807, 2.05) is 0 Å². The molecule has 1 atom stereocenters. The standard InChI is InChI=1S/C20H35NOSi/c1-19(2,3)16-9-10-17-15(13-16)11-12-21-18(17)14-22-23(7,8)20(4,5)6/h9-10,13,18,21H,11-12,14H2,1-8H3. The molecule has 130 valence electrons. The van der Waals surface area contributed by atoms with Crippen molar-refractivity contribution in [2.24, 2.45) is 0 Å². The molecule has 2 nitrogen and oxygen atoms in total. The number of fused-ring (bicyclic) bond motifs is 1.